The Morgan fingerprint density at radius 2 is 2.00 bits per heavy atom. The molecular formula is C26H28F3N3O3. The van der Waals surface area contributed by atoms with E-state index < -0.39 is 22.7 Å². The Bertz CT molecular complexity index is 1130. The fraction of sp³-hybridized carbons (Fsp3) is 0.462. The van der Waals surface area contributed by atoms with Crippen molar-refractivity contribution in [1.82, 2.24) is 4.90 Å². The monoisotopic (exact) mass is 487 g/mol. The van der Waals surface area contributed by atoms with Gasteiger partial charge in [0.15, 0.2) is 0 Å². The number of para-hydroxylation sites is 1. The number of hydrogen-bond acceptors (Lipinski definition) is 5. The van der Waals surface area contributed by atoms with Gasteiger partial charge in [0, 0.05) is 43.9 Å². The highest BCUT2D eigenvalue weighted by Gasteiger charge is 2.51. The van der Waals surface area contributed by atoms with Crippen molar-refractivity contribution in [2.24, 2.45) is 11.3 Å². The quantitative estimate of drug-likeness (QED) is 0.596. The second kappa shape index (κ2) is 9.78. The van der Waals surface area contributed by atoms with E-state index in [1.807, 2.05) is 11.8 Å². The van der Waals surface area contributed by atoms with Crippen LogP contribution in [0.2, 0.25) is 0 Å². The van der Waals surface area contributed by atoms with E-state index in [0.29, 0.717) is 62.8 Å². The van der Waals surface area contributed by atoms with Crippen LogP contribution >= 0.6 is 0 Å². The Balaban J connectivity index is 1.62. The lowest BCUT2D eigenvalue weighted by molar-refractivity contribution is -0.137. The predicted molar refractivity (Wildman–Crippen MR) is 124 cm³/mol. The van der Waals surface area contributed by atoms with Gasteiger partial charge in [-0.05, 0) is 49.6 Å². The van der Waals surface area contributed by atoms with Crippen molar-refractivity contribution in [2.45, 2.75) is 19.5 Å². The normalized spacial score (nSPS) is 22.0. The highest BCUT2D eigenvalue weighted by atomic mass is 19.4. The molecule has 2 fully saturated rings. The first-order chi connectivity index (χ1) is 16.7. The van der Waals surface area contributed by atoms with Gasteiger partial charge >= 0.3 is 6.18 Å². The molecule has 2 saturated heterocycles. The topological polar surface area (TPSA) is 65.8 Å². The molecule has 0 aliphatic carbocycles. The Labute approximate surface area is 202 Å². The number of benzene rings is 2. The first-order valence-electron chi connectivity index (χ1n) is 11.6. The Morgan fingerprint density at radius 1 is 1.23 bits per heavy atom. The van der Waals surface area contributed by atoms with Gasteiger partial charge in [-0.2, -0.15) is 18.4 Å². The fourth-order valence-corrected chi connectivity index (χ4v) is 5.32. The van der Waals surface area contributed by atoms with Gasteiger partial charge in [-0.25, -0.2) is 0 Å². The van der Waals surface area contributed by atoms with Gasteiger partial charge in [0.05, 0.1) is 36.5 Å². The number of likely N-dealkylation sites (tertiary alicyclic amines) is 1. The molecule has 2 aromatic rings. The number of amides is 1. The molecule has 0 saturated carbocycles. The van der Waals surface area contributed by atoms with Crippen molar-refractivity contribution in [2.75, 3.05) is 51.4 Å². The van der Waals surface area contributed by atoms with E-state index in [1.54, 1.807) is 41.3 Å². The molecule has 0 bridgehead atoms. The number of hydrogen-bond donors (Lipinski definition) is 0. The number of alkyl halides is 3. The Morgan fingerprint density at radius 3 is 2.69 bits per heavy atom. The van der Waals surface area contributed by atoms with E-state index in [0.717, 1.165) is 6.07 Å². The van der Waals surface area contributed by atoms with Crippen LogP contribution in [0.3, 0.4) is 0 Å². The Hall–Kier alpha value is -3.25. The third-order valence-electron chi connectivity index (χ3n) is 7.08. The molecule has 6 nitrogen and oxygen atoms in total. The molecule has 2 aliphatic rings. The largest absolute Gasteiger partial charge is 0.496 e. The van der Waals surface area contributed by atoms with Crippen LogP contribution in [0.1, 0.15) is 34.8 Å². The highest BCUT2D eigenvalue weighted by molar-refractivity contribution is 5.97. The SMILES string of the molecule is CCOC[C@]12CN(C(=O)c3ccccc3OC)CC[C@H]1CN(c1ccc(C#N)c(C(F)(F)F)c1)C2. The number of rotatable bonds is 6. The molecule has 9 heteroatoms. The summed E-state index contributed by atoms with van der Waals surface area (Å²) in [6.45, 7) is 4.81. The van der Waals surface area contributed by atoms with Gasteiger partial charge in [0.1, 0.15) is 5.75 Å². The second-order valence-electron chi connectivity index (χ2n) is 9.13. The van der Waals surface area contributed by atoms with Gasteiger partial charge in [0.25, 0.3) is 5.91 Å². The molecular weight excluding hydrogens is 459 g/mol. The molecule has 1 amide bonds. The number of halogens is 3. The molecule has 186 valence electrons. The molecule has 0 aromatic heterocycles. The van der Waals surface area contributed by atoms with Gasteiger partial charge in [-0.15, -0.1) is 0 Å². The smallest absolute Gasteiger partial charge is 0.417 e. The number of nitriles is 1. The van der Waals surface area contributed by atoms with E-state index >= 15 is 0 Å². The molecule has 0 radical (unpaired) electrons. The highest BCUT2D eigenvalue weighted by Crippen LogP contribution is 2.45. The van der Waals surface area contributed by atoms with E-state index in [2.05, 4.69) is 0 Å². The first kappa shape index (κ1) is 24.9. The van der Waals surface area contributed by atoms with Gasteiger partial charge in [0.2, 0.25) is 0 Å². The summed E-state index contributed by atoms with van der Waals surface area (Å²) < 4.78 is 51.9. The third kappa shape index (κ3) is 4.80. The van der Waals surface area contributed by atoms with Gasteiger partial charge < -0.3 is 19.3 Å². The number of carbonyl (C=O) groups excluding carboxylic acids is 1. The standard InChI is InChI=1S/C26H28F3N3O3/c1-3-35-17-25-15-31(24(33)21-6-4-5-7-23(21)34-2)11-10-19(25)14-32(16-25)20-9-8-18(13-30)22(12-20)26(27,28)29/h4-9,12,19H,3,10-11,14-17H2,1-2H3/t19-,25+/m0/s1. The van der Waals surface area contributed by atoms with Crippen molar-refractivity contribution in [3.63, 3.8) is 0 Å². The van der Waals surface area contributed by atoms with Crippen LogP contribution in [-0.4, -0.2) is 57.3 Å². The van der Waals surface area contributed by atoms with Crippen molar-refractivity contribution in [3.05, 3.63) is 59.2 Å². The number of nitrogens with zero attached hydrogens (tertiary/aromatic N) is 3. The van der Waals surface area contributed by atoms with Crippen LogP contribution in [0.15, 0.2) is 42.5 Å². The maximum Gasteiger partial charge on any atom is 0.417 e. The summed E-state index contributed by atoms with van der Waals surface area (Å²) in [6, 6.07) is 12.6. The maximum atomic E-state index is 13.6. The van der Waals surface area contributed by atoms with E-state index in [4.69, 9.17) is 14.7 Å². The zero-order valence-corrected chi connectivity index (χ0v) is 19.8. The van der Waals surface area contributed by atoms with Gasteiger partial charge in [-0.1, -0.05) is 12.1 Å². The molecule has 2 heterocycles. The van der Waals surface area contributed by atoms with Crippen LogP contribution in [0.5, 0.6) is 5.75 Å². The van der Waals surface area contributed by atoms with E-state index in [1.165, 1.54) is 13.2 Å². The fourth-order valence-electron chi connectivity index (χ4n) is 5.32. The average molecular weight is 488 g/mol. The summed E-state index contributed by atoms with van der Waals surface area (Å²) in [5.41, 5.74) is -0.839. The zero-order valence-electron chi connectivity index (χ0n) is 19.8. The maximum absolute atomic E-state index is 13.6. The lowest BCUT2D eigenvalue weighted by atomic mass is 9.73. The first-order valence-corrected chi connectivity index (χ1v) is 11.6. The Kier molecular flexibility index (Phi) is 6.95. The molecule has 2 atom stereocenters. The van der Waals surface area contributed by atoms with Gasteiger partial charge in [-0.3, -0.25) is 4.79 Å². The zero-order chi connectivity index (χ0) is 25.2. The molecule has 2 aromatic carbocycles. The summed E-state index contributed by atoms with van der Waals surface area (Å²) in [5, 5.41) is 9.13. The lowest BCUT2D eigenvalue weighted by Gasteiger charge is -2.44. The number of piperidine rings is 1. The minimum Gasteiger partial charge on any atom is -0.496 e. The van der Waals surface area contributed by atoms with Crippen molar-refractivity contribution in [3.8, 4) is 11.8 Å². The molecule has 0 spiro atoms. The minimum atomic E-state index is -4.62. The minimum absolute atomic E-state index is 0.132. The number of ether oxygens (including phenoxy) is 2. The van der Waals surface area contributed by atoms with E-state index in [-0.39, 0.29) is 11.8 Å². The van der Waals surface area contributed by atoms with Crippen LogP contribution in [0.25, 0.3) is 0 Å². The summed E-state index contributed by atoms with van der Waals surface area (Å²) in [5.74, 6) is 0.525. The van der Waals surface area contributed by atoms with Crippen LogP contribution < -0.4 is 9.64 Å². The third-order valence-corrected chi connectivity index (χ3v) is 7.08. The molecule has 0 N–H and O–H groups in total. The number of methoxy groups -OCH3 is 1. The summed E-state index contributed by atoms with van der Waals surface area (Å²) in [4.78, 5) is 17.1. The number of anilines is 1. The predicted octanol–water partition coefficient (Wildman–Crippen LogP) is 4.59. The van der Waals surface area contributed by atoms with Crippen molar-refractivity contribution >= 4 is 11.6 Å². The molecule has 2 aliphatic heterocycles. The number of fused-ring (bicyclic) bond motifs is 1. The lowest BCUT2D eigenvalue weighted by Crippen LogP contribution is -2.53. The molecule has 0 unspecified atom stereocenters. The molecule has 4 rings (SSSR count). The van der Waals surface area contributed by atoms with Crippen LogP contribution in [0.4, 0.5) is 18.9 Å². The van der Waals surface area contributed by atoms with Crippen LogP contribution in [0, 0.1) is 22.7 Å². The average Bonchev–Trinajstić information content (AvgIpc) is 3.25. The summed E-state index contributed by atoms with van der Waals surface area (Å²) in [6.07, 6.45) is -3.90. The summed E-state index contributed by atoms with van der Waals surface area (Å²) >= 11 is 0. The molecule has 35 heavy (non-hydrogen) atoms. The summed E-state index contributed by atoms with van der Waals surface area (Å²) in [7, 11) is 1.52. The van der Waals surface area contributed by atoms with E-state index in [9.17, 15) is 18.0 Å². The van der Waals surface area contributed by atoms with Crippen LogP contribution in [-0.2, 0) is 10.9 Å². The van der Waals surface area contributed by atoms with Crippen molar-refractivity contribution in [1.29, 1.82) is 5.26 Å². The number of carbonyl (C=O) groups is 1. The van der Waals surface area contributed by atoms with Crippen molar-refractivity contribution < 1.29 is 27.4 Å². The second-order valence-corrected chi connectivity index (χ2v) is 9.13.